The van der Waals surface area contributed by atoms with Gasteiger partial charge in [0.05, 0.1) is 0 Å². The molecule has 0 radical (unpaired) electrons. The molecule has 0 unspecified atom stereocenters. The number of fused-ring (bicyclic) bond motifs is 6. The lowest BCUT2D eigenvalue weighted by molar-refractivity contribution is 0.669. The van der Waals surface area contributed by atoms with Crippen molar-refractivity contribution in [1.29, 1.82) is 0 Å². The van der Waals surface area contributed by atoms with Crippen LogP contribution in [-0.4, -0.2) is 0 Å². The maximum atomic E-state index is 6.57. The van der Waals surface area contributed by atoms with E-state index in [1.165, 1.54) is 71.3 Å². The smallest absolute Gasteiger partial charge is 0.136 e. The van der Waals surface area contributed by atoms with Crippen LogP contribution >= 0.6 is 0 Å². The summed E-state index contributed by atoms with van der Waals surface area (Å²) in [7, 11) is 0. The first-order valence-corrected chi connectivity index (χ1v) is 16.8. The Morgan fingerprint density at radius 2 is 0.816 bits per heavy atom. The van der Waals surface area contributed by atoms with E-state index in [1.807, 2.05) is 6.07 Å². The van der Waals surface area contributed by atoms with E-state index in [2.05, 4.69) is 176 Å². The van der Waals surface area contributed by atoms with E-state index < -0.39 is 0 Å². The van der Waals surface area contributed by atoms with Gasteiger partial charge in [0, 0.05) is 10.8 Å². The quantitative estimate of drug-likeness (QED) is 0.178. The molecular weight excluding hydrogens is 593 g/mol. The van der Waals surface area contributed by atoms with Gasteiger partial charge in [-0.2, -0.15) is 0 Å². The molecule has 0 aliphatic rings. The highest BCUT2D eigenvalue weighted by Gasteiger charge is 2.21. The lowest BCUT2D eigenvalue weighted by Crippen LogP contribution is -1.92. The largest absolute Gasteiger partial charge is 0.456 e. The summed E-state index contributed by atoms with van der Waals surface area (Å²) in [6, 6.07) is 65.8. The Kier molecular flexibility index (Phi) is 6.25. The monoisotopic (exact) mass is 622 g/mol. The maximum absolute atomic E-state index is 6.57. The van der Waals surface area contributed by atoms with Crippen LogP contribution in [0.25, 0.3) is 98.8 Å². The van der Waals surface area contributed by atoms with E-state index in [0.717, 1.165) is 27.5 Å². The van der Waals surface area contributed by atoms with Crippen LogP contribution in [0.5, 0.6) is 0 Å². The highest BCUT2D eigenvalue weighted by Crippen LogP contribution is 2.48. The van der Waals surface area contributed by atoms with E-state index in [4.69, 9.17) is 4.42 Å². The molecule has 10 rings (SSSR count). The Hall–Kier alpha value is -6.44. The van der Waals surface area contributed by atoms with Gasteiger partial charge in [0.1, 0.15) is 11.2 Å². The minimum absolute atomic E-state index is 0.902. The lowest BCUT2D eigenvalue weighted by atomic mass is 9.84. The zero-order chi connectivity index (χ0) is 32.3. The molecular formula is C48H30O. The zero-order valence-electron chi connectivity index (χ0n) is 26.7. The van der Waals surface area contributed by atoms with Crippen LogP contribution < -0.4 is 0 Å². The molecule has 1 nitrogen and oxygen atoms in total. The van der Waals surface area contributed by atoms with Crippen molar-refractivity contribution in [2.24, 2.45) is 0 Å². The van der Waals surface area contributed by atoms with Crippen LogP contribution in [-0.2, 0) is 0 Å². The predicted octanol–water partition coefficient (Wildman–Crippen LogP) is 13.7. The topological polar surface area (TPSA) is 13.1 Å². The van der Waals surface area contributed by atoms with Crippen LogP contribution in [0.3, 0.4) is 0 Å². The number of hydrogen-bond donors (Lipinski definition) is 0. The summed E-state index contributed by atoms with van der Waals surface area (Å²) in [4.78, 5) is 0. The number of rotatable bonds is 4. The van der Waals surface area contributed by atoms with Crippen LogP contribution in [0.2, 0.25) is 0 Å². The van der Waals surface area contributed by atoms with Crippen molar-refractivity contribution in [2.75, 3.05) is 0 Å². The second-order valence-corrected chi connectivity index (χ2v) is 12.8. The summed E-state index contributed by atoms with van der Waals surface area (Å²) in [5.74, 6) is 0. The van der Waals surface area contributed by atoms with Gasteiger partial charge in [-0.1, -0.05) is 158 Å². The first-order chi connectivity index (χ1) is 24.3. The van der Waals surface area contributed by atoms with Crippen molar-refractivity contribution in [1.82, 2.24) is 0 Å². The van der Waals surface area contributed by atoms with Gasteiger partial charge in [-0.25, -0.2) is 0 Å². The first-order valence-electron chi connectivity index (χ1n) is 16.8. The van der Waals surface area contributed by atoms with E-state index >= 15 is 0 Å². The van der Waals surface area contributed by atoms with E-state index in [9.17, 15) is 0 Å². The summed E-state index contributed by atoms with van der Waals surface area (Å²) in [5, 5.41) is 9.73. The van der Waals surface area contributed by atoms with Gasteiger partial charge in [-0.3, -0.25) is 0 Å². The third-order valence-electron chi connectivity index (χ3n) is 10.0. The molecule has 0 aliphatic heterocycles. The third kappa shape index (κ3) is 4.47. The minimum Gasteiger partial charge on any atom is -0.456 e. The molecule has 0 spiro atoms. The molecule has 0 fully saturated rings. The summed E-state index contributed by atoms with van der Waals surface area (Å²) < 4.78 is 6.57. The first kappa shape index (κ1) is 27.7. The highest BCUT2D eigenvalue weighted by atomic mass is 16.3. The average molecular weight is 623 g/mol. The Morgan fingerprint density at radius 3 is 1.53 bits per heavy atom. The Balaban J connectivity index is 1.24. The molecule has 0 saturated carbocycles. The molecule has 10 aromatic rings. The van der Waals surface area contributed by atoms with Gasteiger partial charge >= 0.3 is 0 Å². The molecule has 9 aromatic carbocycles. The van der Waals surface area contributed by atoms with Gasteiger partial charge in [0.2, 0.25) is 0 Å². The van der Waals surface area contributed by atoms with Crippen molar-refractivity contribution in [3.05, 3.63) is 182 Å². The second-order valence-electron chi connectivity index (χ2n) is 12.8. The average Bonchev–Trinajstić information content (AvgIpc) is 3.56. The zero-order valence-corrected chi connectivity index (χ0v) is 26.7. The maximum Gasteiger partial charge on any atom is 0.136 e. The van der Waals surface area contributed by atoms with E-state index in [0.29, 0.717) is 0 Å². The number of hydrogen-bond acceptors (Lipinski definition) is 1. The molecule has 0 N–H and O–H groups in total. The SMILES string of the molecule is c1ccc(-c2cc(-c3c4ccccc4c(-c4ccc(-c5ccc6ccccc6c5)cc4)c4ccccc34)c3c(c2)oc2ccccc23)cc1. The minimum atomic E-state index is 0.902. The summed E-state index contributed by atoms with van der Waals surface area (Å²) in [6.07, 6.45) is 0. The fourth-order valence-electron chi connectivity index (χ4n) is 7.78. The van der Waals surface area contributed by atoms with Crippen molar-refractivity contribution in [2.45, 2.75) is 0 Å². The van der Waals surface area contributed by atoms with E-state index in [-0.39, 0.29) is 0 Å². The molecule has 1 heterocycles. The highest BCUT2D eigenvalue weighted by molar-refractivity contribution is 6.26. The summed E-state index contributed by atoms with van der Waals surface area (Å²) in [5.41, 5.74) is 11.4. The number of para-hydroxylation sites is 1. The molecule has 0 amide bonds. The van der Waals surface area contributed by atoms with Gasteiger partial charge in [-0.15, -0.1) is 0 Å². The fraction of sp³-hybridized carbons (Fsp3) is 0. The van der Waals surface area contributed by atoms with Crippen LogP contribution in [0.4, 0.5) is 0 Å². The lowest BCUT2D eigenvalue weighted by Gasteiger charge is -2.19. The third-order valence-corrected chi connectivity index (χ3v) is 10.0. The summed E-state index contributed by atoms with van der Waals surface area (Å²) in [6.45, 7) is 0. The van der Waals surface area contributed by atoms with Crippen molar-refractivity contribution >= 4 is 54.3 Å². The van der Waals surface area contributed by atoms with Gasteiger partial charge in [0.25, 0.3) is 0 Å². The van der Waals surface area contributed by atoms with Gasteiger partial charge in [0.15, 0.2) is 0 Å². The van der Waals surface area contributed by atoms with Crippen molar-refractivity contribution in [3.8, 4) is 44.5 Å². The van der Waals surface area contributed by atoms with Crippen LogP contribution in [0, 0.1) is 0 Å². The molecule has 0 aliphatic carbocycles. The van der Waals surface area contributed by atoms with Crippen LogP contribution in [0.1, 0.15) is 0 Å². The standard InChI is InChI=1S/C48H30O/c1-2-12-31(13-3-1)37-29-43(48-42-20-10-11-21-44(42)49-45(48)30-37)47-40-18-8-6-16-38(40)46(39-17-7-9-19-41(39)47)34-25-22-33(23-26-34)36-27-24-32-14-4-5-15-35(32)28-36/h1-30H. The van der Waals surface area contributed by atoms with Gasteiger partial charge < -0.3 is 4.42 Å². The number of furan rings is 1. The molecule has 1 aromatic heterocycles. The Bertz CT molecular complexity index is 2800. The van der Waals surface area contributed by atoms with Crippen molar-refractivity contribution in [3.63, 3.8) is 0 Å². The van der Waals surface area contributed by atoms with Gasteiger partial charge in [-0.05, 0) is 101 Å². The molecule has 0 bridgehead atoms. The predicted molar refractivity (Wildman–Crippen MR) is 208 cm³/mol. The van der Waals surface area contributed by atoms with Crippen LogP contribution in [0.15, 0.2) is 186 Å². The molecule has 228 valence electrons. The normalized spacial score (nSPS) is 11.7. The van der Waals surface area contributed by atoms with E-state index in [1.54, 1.807) is 0 Å². The molecule has 1 heteroatoms. The van der Waals surface area contributed by atoms with Crippen molar-refractivity contribution < 1.29 is 4.42 Å². The second kappa shape index (κ2) is 11.1. The molecule has 0 saturated heterocycles. The Labute approximate surface area is 284 Å². The number of benzene rings is 9. The summed E-state index contributed by atoms with van der Waals surface area (Å²) >= 11 is 0. The molecule has 0 atom stereocenters. The molecule has 49 heavy (non-hydrogen) atoms. The Morgan fingerprint density at radius 1 is 0.286 bits per heavy atom. The fourth-order valence-corrected chi connectivity index (χ4v) is 7.78.